The fraction of sp³-hybridized carbons (Fsp3) is 0.250. The van der Waals surface area contributed by atoms with Crippen LogP contribution in [0.15, 0.2) is 59.7 Å². The maximum absolute atomic E-state index is 13.4. The number of rotatable bonds is 3. The minimum Gasteiger partial charge on any atom is -0.288 e. The average molecular weight is 380 g/mol. The monoisotopic (exact) mass is 380 g/mol. The van der Waals surface area contributed by atoms with E-state index in [0.717, 1.165) is 16.9 Å². The molecule has 0 aliphatic carbocycles. The highest BCUT2D eigenvalue weighted by atomic mass is 32.2. The van der Waals surface area contributed by atoms with Crippen molar-refractivity contribution in [2.24, 2.45) is 7.05 Å². The van der Waals surface area contributed by atoms with Gasteiger partial charge >= 0.3 is 0 Å². The van der Waals surface area contributed by atoms with E-state index < -0.39 is 0 Å². The SMILES string of the molecule is Cc1c(N2C(=O)[C@@H](C)S[C@@H]2c2cccnc2)c(=O)n(-c2ccccc2)n1C. The van der Waals surface area contributed by atoms with Gasteiger partial charge in [-0.2, -0.15) is 0 Å². The van der Waals surface area contributed by atoms with Gasteiger partial charge in [0.15, 0.2) is 0 Å². The zero-order valence-electron chi connectivity index (χ0n) is 15.4. The van der Waals surface area contributed by atoms with Crippen LogP contribution in [0.2, 0.25) is 0 Å². The summed E-state index contributed by atoms with van der Waals surface area (Å²) in [5, 5.41) is -0.487. The van der Waals surface area contributed by atoms with Crippen LogP contribution in [0, 0.1) is 6.92 Å². The van der Waals surface area contributed by atoms with E-state index in [1.807, 2.05) is 63.4 Å². The average Bonchev–Trinajstić information content (AvgIpc) is 3.10. The van der Waals surface area contributed by atoms with E-state index in [-0.39, 0.29) is 22.1 Å². The molecule has 6 nitrogen and oxygen atoms in total. The number of thioether (sulfide) groups is 1. The first-order valence-electron chi connectivity index (χ1n) is 8.73. The number of benzene rings is 1. The molecule has 3 aromatic rings. The van der Waals surface area contributed by atoms with Crippen LogP contribution in [-0.4, -0.2) is 25.5 Å². The molecule has 2 atom stereocenters. The smallest absolute Gasteiger partial charge is 0.288 e. The molecule has 0 unspecified atom stereocenters. The van der Waals surface area contributed by atoms with Crippen LogP contribution >= 0.6 is 11.8 Å². The van der Waals surface area contributed by atoms with Crippen LogP contribution in [0.1, 0.15) is 23.6 Å². The number of aromatic nitrogens is 3. The molecule has 1 fully saturated rings. The molecule has 4 rings (SSSR count). The van der Waals surface area contributed by atoms with Crippen molar-refractivity contribution >= 4 is 23.4 Å². The summed E-state index contributed by atoms with van der Waals surface area (Å²) in [7, 11) is 1.84. The van der Waals surface area contributed by atoms with Crippen molar-refractivity contribution in [2.45, 2.75) is 24.5 Å². The van der Waals surface area contributed by atoms with Gasteiger partial charge in [0.2, 0.25) is 5.91 Å². The quantitative estimate of drug-likeness (QED) is 0.701. The van der Waals surface area contributed by atoms with Crippen LogP contribution in [-0.2, 0) is 11.8 Å². The lowest BCUT2D eigenvalue weighted by Gasteiger charge is -2.22. The van der Waals surface area contributed by atoms with Crippen molar-refractivity contribution < 1.29 is 4.79 Å². The Morgan fingerprint density at radius 1 is 1.07 bits per heavy atom. The summed E-state index contributed by atoms with van der Waals surface area (Å²) in [6, 6.07) is 13.2. The summed E-state index contributed by atoms with van der Waals surface area (Å²) in [4.78, 5) is 32.2. The molecule has 2 aromatic heterocycles. The lowest BCUT2D eigenvalue weighted by atomic mass is 10.2. The highest BCUT2D eigenvalue weighted by Gasteiger charge is 2.42. The number of carbonyl (C=O) groups excluding carboxylic acids is 1. The molecule has 0 radical (unpaired) electrons. The van der Waals surface area contributed by atoms with E-state index in [1.165, 1.54) is 11.8 Å². The normalized spacial score (nSPS) is 19.7. The molecule has 0 saturated carbocycles. The molecule has 1 saturated heterocycles. The summed E-state index contributed by atoms with van der Waals surface area (Å²) < 4.78 is 3.40. The first-order chi connectivity index (χ1) is 13.0. The molecule has 0 N–H and O–H groups in total. The van der Waals surface area contributed by atoms with Crippen molar-refractivity contribution in [1.82, 2.24) is 14.3 Å². The van der Waals surface area contributed by atoms with E-state index in [9.17, 15) is 9.59 Å². The first kappa shape index (κ1) is 17.6. The molecule has 0 spiro atoms. The van der Waals surface area contributed by atoms with Gasteiger partial charge in [-0.1, -0.05) is 24.3 Å². The van der Waals surface area contributed by atoms with Gasteiger partial charge in [-0.05, 0) is 32.0 Å². The van der Waals surface area contributed by atoms with Gasteiger partial charge < -0.3 is 0 Å². The number of anilines is 1. The number of amides is 1. The van der Waals surface area contributed by atoms with E-state index in [4.69, 9.17) is 0 Å². The number of pyridine rings is 1. The Hall–Kier alpha value is -2.80. The van der Waals surface area contributed by atoms with E-state index in [2.05, 4.69) is 4.98 Å². The number of hydrogen-bond donors (Lipinski definition) is 0. The van der Waals surface area contributed by atoms with Gasteiger partial charge in [-0.3, -0.25) is 24.2 Å². The topological polar surface area (TPSA) is 60.1 Å². The summed E-state index contributed by atoms with van der Waals surface area (Å²) in [5.74, 6) is -0.0557. The fourth-order valence-electron chi connectivity index (χ4n) is 3.43. The van der Waals surface area contributed by atoms with Gasteiger partial charge in [0, 0.05) is 25.0 Å². The molecular weight excluding hydrogens is 360 g/mol. The summed E-state index contributed by atoms with van der Waals surface area (Å²) in [6.45, 7) is 3.75. The number of para-hydroxylation sites is 1. The molecule has 3 heterocycles. The maximum Gasteiger partial charge on any atom is 0.295 e. The van der Waals surface area contributed by atoms with Crippen LogP contribution in [0.25, 0.3) is 5.69 Å². The standard InChI is InChI=1S/C20H20N4O2S/c1-13-17(19(26)24(22(13)3)16-9-5-4-6-10-16)23-18(25)14(2)27-20(23)15-8-7-11-21-12-15/h4-12,14,20H,1-3H3/t14-,20-/m1/s1. The molecule has 27 heavy (non-hydrogen) atoms. The largest absolute Gasteiger partial charge is 0.295 e. The Labute approximate surface area is 161 Å². The Balaban J connectivity index is 1.90. The predicted molar refractivity (Wildman–Crippen MR) is 107 cm³/mol. The van der Waals surface area contributed by atoms with Crippen LogP contribution in [0.5, 0.6) is 0 Å². The second kappa shape index (κ2) is 6.74. The minimum absolute atomic E-state index is 0.0557. The first-order valence-corrected chi connectivity index (χ1v) is 9.67. The van der Waals surface area contributed by atoms with Crippen molar-refractivity contribution in [1.29, 1.82) is 0 Å². The van der Waals surface area contributed by atoms with Gasteiger partial charge in [-0.25, -0.2) is 4.68 Å². The lowest BCUT2D eigenvalue weighted by molar-refractivity contribution is -0.117. The van der Waals surface area contributed by atoms with E-state index in [1.54, 1.807) is 26.7 Å². The van der Waals surface area contributed by atoms with E-state index >= 15 is 0 Å². The van der Waals surface area contributed by atoms with Crippen LogP contribution < -0.4 is 10.5 Å². The minimum atomic E-state index is -0.265. The summed E-state index contributed by atoms with van der Waals surface area (Å²) in [5.41, 5.74) is 2.66. The van der Waals surface area contributed by atoms with Crippen molar-refractivity contribution in [3.8, 4) is 5.69 Å². The third-order valence-corrected chi connectivity index (χ3v) is 6.24. The summed E-state index contributed by atoms with van der Waals surface area (Å²) >= 11 is 1.54. The Morgan fingerprint density at radius 3 is 2.48 bits per heavy atom. The van der Waals surface area contributed by atoms with E-state index in [0.29, 0.717) is 5.69 Å². The van der Waals surface area contributed by atoms with Gasteiger partial charge in [0.05, 0.1) is 16.6 Å². The Kier molecular flexibility index (Phi) is 4.39. The molecule has 138 valence electrons. The number of hydrogen-bond acceptors (Lipinski definition) is 4. The highest BCUT2D eigenvalue weighted by Crippen LogP contribution is 2.45. The lowest BCUT2D eigenvalue weighted by Crippen LogP contribution is -2.34. The zero-order chi connectivity index (χ0) is 19.1. The van der Waals surface area contributed by atoms with Gasteiger partial charge in [0.1, 0.15) is 11.1 Å². The Morgan fingerprint density at radius 2 is 1.81 bits per heavy atom. The van der Waals surface area contributed by atoms with Crippen LogP contribution in [0.3, 0.4) is 0 Å². The fourth-order valence-corrected chi connectivity index (χ4v) is 4.68. The number of carbonyl (C=O) groups is 1. The van der Waals surface area contributed by atoms with Crippen LogP contribution in [0.4, 0.5) is 5.69 Å². The molecule has 1 aliphatic heterocycles. The number of nitrogens with zero attached hydrogens (tertiary/aromatic N) is 4. The second-order valence-electron chi connectivity index (χ2n) is 6.54. The highest BCUT2D eigenvalue weighted by molar-refractivity contribution is 8.01. The third-order valence-electron chi connectivity index (χ3n) is 4.89. The molecule has 1 aromatic carbocycles. The third kappa shape index (κ3) is 2.78. The second-order valence-corrected chi connectivity index (χ2v) is 7.96. The summed E-state index contributed by atoms with van der Waals surface area (Å²) in [6.07, 6.45) is 3.46. The zero-order valence-corrected chi connectivity index (χ0v) is 16.2. The van der Waals surface area contributed by atoms with Gasteiger partial charge in [-0.15, -0.1) is 11.8 Å². The Bertz CT molecular complexity index is 1040. The van der Waals surface area contributed by atoms with Crippen molar-refractivity contribution in [3.63, 3.8) is 0 Å². The molecule has 7 heteroatoms. The maximum atomic E-state index is 13.4. The molecule has 1 amide bonds. The molecule has 1 aliphatic rings. The predicted octanol–water partition coefficient (Wildman–Crippen LogP) is 3.05. The molecule has 0 bridgehead atoms. The van der Waals surface area contributed by atoms with Crippen molar-refractivity contribution in [2.75, 3.05) is 4.90 Å². The molecular formula is C20H20N4O2S. The van der Waals surface area contributed by atoms with Crippen molar-refractivity contribution in [3.05, 3.63) is 76.5 Å². The van der Waals surface area contributed by atoms with Gasteiger partial charge in [0.25, 0.3) is 5.56 Å².